The Bertz CT molecular complexity index is 577. The summed E-state index contributed by atoms with van der Waals surface area (Å²) in [5.74, 6) is 0.359. The number of rotatable bonds is 2. The average Bonchev–Trinajstić information content (AvgIpc) is 2.35. The Labute approximate surface area is 130 Å². The normalized spacial score (nSPS) is 25.5. The van der Waals surface area contributed by atoms with Gasteiger partial charge in [-0.1, -0.05) is 22.9 Å². The lowest BCUT2D eigenvalue weighted by Gasteiger charge is -2.34. The van der Waals surface area contributed by atoms with Crippen LogP contribution in [0.2, 0.25) is 0 Å². The highest BCUT2D eigenvalue weighted by molar-refractivity contribution is 9.11. The zero-order chi connectivity index (χ0) is 14.2. The quantitative estimate of drug-likeness (QED) is 0.813. The van der Waals surface area contributed by atoms with E-state index in [1.54, 1.807) is 18.2 Å². The zero-order valence-electron chi connectivity index (χ0n) is 10.5. The van der Waals surface area contributed by atoms with Crippen LogP contribution in [0.5, 0.6) is 0 Å². The van der Waals surface area contributed by atoms with E-state index in [1.807, 2.05) is 0 Å². The number of halogens is 2. The van der Waals surface area contributed by atoms with Crippen LogP contribution in [0.15, 0.2) is 32.0 Å². The van der Waals surface area contributed by atoms with Gasteiger partial charge in [0, 0.05) is 28.1 Å². The third kappa shape index (κ3) is 3.21. The Morgan fingerprint density at radius 3 is 2.68 bits per heavy atom. The maximum absolute atomic E-state index is 12.6. The Balaban J connectivity index is 2.35. The summed E-state index contributed by atoms with van der Waals surface area (Å²) < 4.78 is 28.1. The van der Waals surface area contributed by atoms with Crippen LogP contribution < -0.4 is 5.73 Å². The minimum Gasteiger partial charge on any atom is -0.326 e. The standard InChI is InChI=1S/C12H16Br2N2O2S/c1-8-4-5-16(7-11(8)15)19(17,18)12-6-9(13)2-3-10(12)14/h2-3,6,8,11H,4-5,7,15H2,1H3. The monoisotopic (exact) mass is 410 g/mol. The highest BCUT2D eigenvalue weighted by atomic mass is 79.9. The summed E-state index contributed by atoms with van der Waals surface area (Å²) in [7, 11) is -3.50. The molecule has 0 amide bonds. The van der Waals surface area contributed by atoms with Gasteiger partial charge in [0.2, 0.25) is 10.0 Å². The molecule has 0 bridgehead atoms. The van der Waals surface area contributed by atoms with Crippen molar-refractivity contribution in [1.29, 1.82) is 0 Å². The van der Waals surface area contributed by atoms with E-state index in [2.05, 4.69) is 38.8 Å². The molecule has 1 aliphatic heterocycles. The van der Waals surface area contributed by atoms with Gasteiger partial charge in [0.05, 0.1) is 4.90 Å². The van der Waals surface area contributed by atoms with Crippen molar-refractivity contribution in [2.24, 2.45) is 11.7 Å². The molecule has 1 aromatic carbocycles. The zero-order valence-corrected chi connectivity index (χ0v) is 14.5. The lowest BCUT2D eigenvalue weighted by atomic mass is 9.96. The first-order valence-corrected chi connectivity index (χ1v) is 9.06. The van der Waals surface area contributed by atoms with E-state index in [-0.39, 0.29) is 10.9 Å². The molecule has 2 atom stereocenters. The Kier molecular flexibility index (Phi) is 4.72. The van der Waals surface area contributed by atoms with Gasteiger partial charge in [-0.3, -0.25) is 0 Å². The second-order valence-corrected chi connectivity index (χ2v) is 8.54. The fraction of sp³-hybridized carbons (Fsp3) is 0.500. The van der Waals surface area contributed by atoms with Gasteiger partial charge < -0.3 is 5.73 Å². The molecule has 1 heterocycles. The smallest absolute Gasteiger partial charge is 0.244 e. The summed E-state index contributed by atoms with van der Waals surface area (Å²) in [6.07, 6.45) is 0.798. The molecule has 19 heavy (non-hydrogen) atoms. The van der Waals surface area contributed by atoms with Gasteiger partial charge in [0.25, 0.3) is 0 Å². The third-order valence-electron chi connectivity index (χ3n) is 3.49. The Morgan fingerprint density at radius 2 is 2.05 bits per heavy atom. The molecule has 2 N–H and O–H groups in total. The van der Waals surface area contributed by atoms with Gasteiger partial charge >= 0.3 is 0 Å². The molecule has 0 radical (unpaired) electrons. The number of hydrogen-bond donors (Lipinski definition) is 1. The number of benzene rings is 1. The predicted octanol–water partition coefficient (Wildman–Crippen LogP) is 2.57. The predicted molar refractivity (Wildman–Crippen MR) is 82.4 cm³/mol. The highest BCUT2D eigenvalue weighted by Crippen LogP contribution is 2.30. The molecule has 1 saturated heterocycles. The Morgan fingerprint density at radius 1 is 1.37 bits per heavy atom. The molecule has 106 valence electrons. The Hall–Kier alpha value is 0.0500. The van der Waals surface area contributed by atoms with Gasteiger partial charge in [0.1, 0.15) is 0 Å². The van der Waals surface area contributed by atoms with E-state index in [0.717, 1.165) is 10.9 Å². The molecule has 1 aromatic rings. The third-order valence-corrected chi connectivity index (χ3v) is 6.84. The molecule has 0 aliphatic carbocycles. The highest BCUT2D eigenvalue weighted by Gasteiger charge is 2.33. The fourth-order valence-corrected chi connectivity index (χ4v) is 5.06. The maximum atomic E-state index is 12.6. The second-order valence-electron chi connectivity index (χ2n) is 4.87. The van der Waals surface area contributed by atoms with E-state index < -0.39 is 10.0 Å². The molecule has 0 spiro atoms. The molecule has 1 fully saturated rings. The molecule has 4 nitrogen and oxygen atoms in total. The summed E-state index contributed by atoms with van der Waals surface area (Å²) in [5, 5.41) is 0. The van der Waals surface area contributed by atoms with Crippen LogP contribution in [0, 0.1) is 5.92 Å². The van der Waals surface area contributed by atoms with Crippen molar-refractivity contribution < 1.29 is 8.42 Å². The second kappa shape index (κ2) is 5.81. The van der Waals surface area contributed by atoms with E-state index >= 15 is 0 Å². The van der Waals surface area contributed by atoms with Crippen LogP contribution in [0.1, 0.15) is 13.3 Å². The van der Waals surface area contributed by atoms with Crippen LogP contribution in [0.3, 0.4) is 0 Å². The van der Waals surface area contributed by atoms with Crippen LogP contribution in [-0.4, -0.2) is 31.9 Å². The van der Waals surface area contributed by atoms with Crippen molar-refractivity contribution >= 4 is 41.9 Å². The van der Waals surface area contributed by atoms with Crippen LogP contribution in [-0.2, 0) is 10.0 Å². The minimum absolute atomic E-state index is 0.102. The van der Waals surface area contributed by atoms with Crippen molar-refractivity contribution in [1.82, 2.24) is 4.31 Å². The lowest BCUT2D eigenvalue weighted by Crippen LogP contribution is -2.49. The van der Waals surface area contributed by atoms with Gasteiger partial charge in [-0.15, -0.1) is 0 Å². The largest absolute Gasteiger partial charge is 0.326 e. The summed E-state index contributed by atoms with van der Waals surface area (Å²) in [6.45, 7) is 2.96. The van der Waals surface area contributed by atoms with E-state index in [0.29, 0.717) is 23.5 Å². The first-order chi connectivity index (χ1) is 8.82. The fourth-order valence-electron chi connectivity index (χ4n) is 2.10. The van der Waals surface area contributed by atoms with Gasteiger partial charge in [-0.25, -0.2) is 8.42 Å². The van der Waals surface area contributed by atoms with E-state index in [4.69, 9.17) is 5.73 Å². The van der Waals surface area contributed by atoms with Gasteiger partial charge in [-0.2, -0.15) is 4.31 Å². The van der Waals surface area contributed by atoms with Gasteiger partial charge in [-0.05, 0) is 46.5 Å². The number of nitrogens with zero attached hydrogens (tertiary/aromatic N) is 1. The van der Waals surface area contributed by atoms with Crippen molar-refractivity contribution in [2.45, 2.75) is 24.3 Å². The van der Waals surface area contributed by atoms with Crippen LogP contribution in [0.4, 0.5) is 0 Å². The number of nitrogens with two attached hydrogens (primary N) is 1. The van der Waals surface area contributed by atoms with E-state index in [9.17, 15) is 8.42 Å². The number of sulfonamides is 1. The number of hydrogen-bond acceptors (Lipinski definition) is 3. The maximum Gasteiger partial charge on any atom is 0.244 e. The van der Waals surface area contributed by atoms with Crippen molar-refractivity contribution in [2.75, 3.05) is 13.1 Å². The molecule has 1 aliphatic rings. The minimum atomic E-state index is -3.50. The molecule has 0 saturated carbocycles. The van der Waals surface area contributed by atoms with Crippen LogP contribution >= 0.6 is 31.9 Å². The van der Waals surface area contributed by atoms with E-state index in [1.165, 1.54) is 4.31 Å². The molecular formula is C12H16Br2N2O2S. The molecule has 2 unspecified atom stereocenters. The first kappa shape index (κ1) is 15.4. The SMILES string of the molecule is CC1CCN(S(=O)(=O)c2cc(Br)ccc2Br)CC1N. The average molecular weight is 412 g/mol. The molecule has 0 aromatic heterocycles. The van der Waals surface area contributed by atoms with Gasteiger partial charge in [0.15, 0.2) is 0 Å². The molecular weight excluding hydrogens is 396 g/mol. The van der Waals surface area contributed by atoms with Crippen LogP contribution in [0.25, 0.3) is 0 Å². The summed E-state index contributed by atoms with van der Waals surface area (Å²) in [6, 6.07) is 5.04. The molecule has 7 heteroatoms. The van der Waals surface area contributed by atoms with Crippen molar-refractivity contribution in [3.8, 4) is 0 Å². The topological polar surface area (TPSA) is 63.4 Å². The molecule has 2 rings (SSSR count). The summed E-state index contributed by atoms with van der Waals surface area (Å²) >= 11 is 6.61. The number of piperidine rings is 1. The summed E-state index contributed by atoms with van der Waals surface area (Å²) in [4.78, 5) is 0.281. The van der Waals surface area contributed by atoms with Crippen molar-refractivity contribution in [3.63, 3.8) is 0 Å². The first-order valence-electron chi connectivity index (χ1n) is 6.03. The van der Waals surface area contributed by atoms with Crippen molar-refractivity contribution in [3.05, 3.63) is 27.1 Å². The lowest BCUT2D eigenvalue weighted by molar-refractivity contribution is 0.253. The summed E-state index contributed by atoms with van der Waals surface area (Å²) in [5.41, 5.74) is 5.98.